The van der Waals surface area contributed by atoms with Crippen molar-refractivity contribution in [2.45, 2.75) is 13.8 Å². The van der Waals surface area contributed by atoms with E-state index in [1.165, 1.54) is 28.7 Å². The van der Waals surface area contributed by atoms with Crippen LogP contribution in [0.2, 0.25) is 9.49 Å². The van der Waals surface area contributed by atoms with Gasteiger partial charge >= 0.3 is 0 Å². The van der Waals surface area contributed by atoms with Gasteiger partial charge in [0.1, 0.15) is 32.6 Å². The van der Waals surface area contributed by atoms with Crippen molar-refractivity contribution in [2.24, 2.45) is 0 Å². The SMILES string of the molecule is Cc1sc(Nc2cccc(Cl)n2)nc1-c1cn[nH]c1.Cc1sc(Nc2cccc(F)n2)nc1-c1cn[nH]c1.Clc1sc(Nc2ccccn2)nc1-c1cn[nH]c1. The van der Waals surface area contributed by atoms with Crippen LogP contribution in [0.15, 0.2) is 98.0 Å². The number of H-pyrrole nitrogens is 3. The zero-order valence-corrected chi connectivity index (χ0v) is 33.1. The Balaban J connectivity index is 0.000000129. The number of anilines is 6. The van der Waals surface area contributed by atoms with Crippen molar-refractivity contribution in [2.75, 3.05) is 16.0 Å². The molecule has 0 spiro atoms. The predicted molar refractivity (Wildman–Crippen MR) is 221 cm³/mol. The van der Waals surface area contributed by atoms with E-state index < -0.39 is 5.95 Å². The van der Waals surface area contributed by atoms with E-state index in [-0.39, 0.29) is 0 Å². The summed E-state index contributed by atoms with van der Waals surface area (Å²) in [4.78, 5) is 27.7. The minimum absolute atomic E-state index is 0.437. The quantitative estimate of drug-likeness (QED) is 0.0753. The zero-order chi connectivity index (χ0) is 38.9. The molecule has 9 aromatic heterocycles. The van der Waals surface area contributed by atoms with E-state index >= 15 is 0 Å². The van der Waals surface area contributed by atoms with Gasteiger partial charge in [-0.3, -0.25) is 15.3 Å². The molecule has 0 radical (unpaired) electrons. The summed E-state index contributed by atoms with van der Waals surface area (Å²) in [6.07, 6.45) is 12.2. The average molecular weight is 845 g/mol. The molecule has 9 heterocycles. The van der Waals surface area contributed by atoms with E-state index in [4.69, 9.17) is 23.2 Å². The number of thiazole rings is 3. The van der Waals surface area contributed by atoms with Crippen molar-refractivity contribution >= 4 is 90.1 Å². The molecule has 0 atom stereocenters. The van der Waals surface area contributed by atoms with Gasteiger partial charge in [0.2, 0.25) is 5.95 Å². The molecule has 0 saturated carbocycles. The summed E-state index contributed by atoms with van der Waals surface area (Å²) < 4.78 is 13.6. The normalized spacial score (nSPS) is 10.6. The highest BCUT2D eigenvalue weighted by molar-refractivity contribution is 7.20. The van der Waals surface area contributed by atoms with Crippen molar-refractivity contribution in [3.63, 3.8) is 0 Å². The Morgan fingerprint density at radius 2 is 1.05 bits per heavy atom. The van der Waals surface area contributed by atoms with Crippen molar-refractivity contribution in [3.05, 3.63) is 123 Å². The van der Waals surface area contributed by atoms with Crippen LogP contribution >= 0.6 is 57.2 Å². The van der Waals surface area contributed by atoms with Gasteiger partial charge < -0.3 is 16.0 Å². The van der Waals surface area contributed by atoms with Crippen LogP contribution in [0.1, 0.15) is 9.75 Å². The standard InChI is InChI=1S/C12H10ClN5S.C12H10FN5S.C11H8ClN5S/c2*1-7-11(8-5-14-15-6-8)18-12(19-7)17-10-4-2-3-9(13)16-10;12-10-9(7-5-14-15-6-7)17-11(18-10)16-8-3-1-2-4-13-8/h2*2-6H,1H3,(H,14,15)(H,16,17,18);1-6H,(H,14,15)(H,13,16,17). The van der Waals surface area contributed by atoms with Crippen LogP contribution in [0.5, 0.6) is 0 Å². The molecule has 56 heavy (non-hydrogen) atoms. The lowest BCUT2D eigenvalue weighted by Crippen LogP contribution is -1.94. The van der Waals surface area contributed by atoms with Gasteiger partial charge in [-0.05, 0) is 50.2 Å². The number of aromatic amines is 3. The van der Waals surface area contributed by atoms with E-state index in [2.05, 4.69) is 76.4 Å². The summed E-state index contributed by atoms with van der Waals surface area (Å²) in [5.74, 6) is 1.34. The molecule has 0 aliphatic heterocycles. The van der Waals surface area contributed by atoms with Crippen LogP contribution in [0.4, 0.5) is 37.2 Å². The second kappa shape index (κ2) is 18.0. The molecule has 9 rings (SSSR count). The minimum Gasteiger partial charge on any atom is -0.316 e. The lowest BCUT2D eigenvalue weighted by Gasteiger charge is -2.00. The monoisotopic (exact) mass is 843 g/mol. The highest BCUT2D eigenvalue weighted by Crippen LogP contribution is 2.36. The van der Waals surface area contributed by atoms with Gasteiger partial charge in [-0.2, -0.15) is 19.7 Å². The number of pyridine rings is 3. The third-order valence-electron chi connectivity index (χ3n) is 7.29. The second-order valence-electron chi connectivity index (χ2n) is 11.2. The van der Waals surface area contributed by atoms with Gasteiger partial charge in [0.05, 0.1) is 30.0 Å². The van der Waals surface area contributed by atoms with Crippen molar-refractivity contribution in [1.29, 1.82) is 0 Å². The largest absolute Gasteiger partial charge is 0.316 e. The maximum atomic E-state index is 13.0. The fourth-order valence-electron chi connectivity index (χ4n) is 4.83. The Morgan fingerprint density at radius 3 is 1.57 bits per heavy atom. The molecule has 0 unspecified atom stereocenters. The van der Waals surface area contributed by atoms with Gasteiger partial charge in [-0.15, -0.1) is 22.7 Å². The number of aryl methyl sites for hydroxylation is 2. The van der Waals surface area contributed by atoms with Crippen LogP contribution in [0.3, 0.4) is 0 Å². The lowest BCUT2D eigenvalue weighted by molar-refractivity contribution is 0.585. The maximum Gasteiger partial charge on any atom is 0.214 e. The first kappa shape index (κ1) is 38.2. The summed E-state index contributed by atoms with van der Waals surface area (Å²) in [6, 6.07) is 15.6. The smallest absolute Gasteiger partial charge is 0.214 e. The molecule has 21 heteroatoms. The van der Waals surface area contributed by atoms with Crippen LogP contribution in [-0.2, 0) is 0 Å². The molecule has 0 fully saturated rings. The third kappa shape index (κ3) is 9.94. The Morgan fingerprint density at radius 1 is 0.554 bits per heavy atom. The summed E-state index contributed by atoms with van der Waals surface area (Å²) in [7, 11) is 0. The van der Waals surface area contributed by atoms with E-state index in [1.54, 1.807) is 66.7 Å². The molecule has 9 aromatic rings. The Kier molecular flexibility index (Phi) is 12.3. The molecule has 0 saturated heterocycles. The van der Waals surface area contributed by atoms with Crippen LogP contribution in [-0.4, -0.2) is 60.5 Å². The Bertz CT molecular complexity index is 2470. The molecular weight excluding hydrogens is 817 g/mol. The topological polar surface area (TPSA) is 199 Å². The van der Waals surface area contributed by atoms with E-state index in [0.717, 1.165) is 48.8 Å². The van der Waals surface area contributed by atoms with Crippen LogP contribution < -0.4 is 16.0 Å². The molecule has 0 aromatic carbocycles. The number of rotatable bonds is 9. The van der Waals surface area contributed by atoms with E-state index in [1.807, 2.05) is 50.4 Å². The molecule has 282 valence electrons. The maximum absolute atomic E-state index is 13.0. The van der Waals surface area contributed by atoms with Gasteiger partial charge in [-0.25, -0.2) is 29.9 Å². The first-order valence-electron chi connectivity index (χ1n) is 16.3. The number of hydrogen-bond acceptors (Lipinski definition) is 15. The summed E-state index contributed by atoms with van der Waals surface area (Å²) >= 11 is 16.4. The molecule has 0 amide bonds. The van der Waals surface area contributed by atoms with Gasteiger partial charge in [0.25, 0.3) is 0 Å². The third-order valence-corrected chi connectivity index (χ3v) is 10.4. The number of halogens is 3. The highest BCUT2D eigenvalue weighted by Gasteiger charge is 2.14. The number of hydrogen-bond donors (Lipinski definition) is 6. The summed E-state index contributed by atoms with van der Waals surface area (Å²) in [6.45, 7) is 4.00. The number of nitrogens with zero attached hydrogens (tertiary/aromatic N) is 9. The van der Waals surface area contributed by atoms with Gasteiger partial charge in [-0.1, -0.05) is 52.7 Å². The second-order valence-corrected chi connectivity index (χ2v) is 15.6. The first-order chi connectivity index (χ1) is 27.3. The number of aromatic nitrogens is 12. The highest BCUT2D eigenvalue weighted by atomic mass is 35.5. The summed E-state index contributed by atoms with van der Waals surface area (Å²) in [5, 5.41) is 31.9. The van der Waals surface area contributed by atoms with Gasteiger partial charge in [0, 0.05) is 51.2 Å². The Labute approximate surface area is 339 Å². The fourth-order valence-corrected chi connectivity index (χ4v) is 7.77. The van der Waals surface area contributed by atoms with Crippen molar-refractivity contribution in [3.8, 4) is 33.8 Å². The Hall–Kier alpha value is -6.12. The molecule has 0 bridgehead atoms. The molecular formula is C35H28Cl2FN15S3. The average Bonchev–Trinajstić information content (AvgIpc) is 4.04. The zero-order valence-electron chi connectivity index (χ0n) is 29.1. The fraction of sp³-hybridized carbons (Fsp3) is 0.0571. The van der Waals surface area contributed by atoms with Gasteiger partial charge in [0.15, 0.2) is 15.4 Å². The van der Waals surface area contributed by atoms with E-state index in [0.29, 0.717) is 37.1 Å². The first-order valence-corrected chi connectivity index (χ1v) is 19.5. The van der Waals surface area contributed by atoms with Crippen molar-refractivity contribution in [1.82, 2.24) is 60.5 Å². The minimum atomic E-state index is -0.520. The molecule has 15 nitrogen and oxygen atoms in total. The molecule has 0 aliphatic carbocycles. The van der Waals surface area contributed by atoms with Crippen LogP contribution in [0, 0.1) is 19.8 Å². The summed E-state index contributed by atoms with van der Waals surface area (Å²) in [5.41, 5.74) is 5.26. The molecule has 6 N–H and O–H groups in total. The number of nitrogens with one attached hydrogen (secondary N) is 6. The van der Waals surface area contributed by atoms with Crippen molar-refractivity contribution < 1.29 is 4.39 Å². The predicted octanol–water partition coefficient (Wildman–Crippen LogP) is 10.1. The van der Waals surface area contributed by atoms with E-state index in [9.17, 15) is 4.39 Å². The lowest BCUT2D eigenvalue weighted by atomic mass is 10.2. The van der Waals surface area contributed by atoms with Crippen LogP contribution in [0.25, 0.3) is 33.8 Å². The molecule has 0 aliphatic rings.